The molecule has 1 unspecified atom stereocenters. The molecule has 1 N–H and O–H groups in total. The number of carbonyl (C=O) groups excluding carboxylic acids is 1. The smallest absolute Gasteiger partial charge is 0.255 e. The third kappa shape index (κ3) is 4.33. The monoisotopic (exact) mass is 347 g/mol. The zero-order chi connectivity index (χ0) is 15.2. The van der Waals surface area contributed by atoms with Gasteiger partial charge in [-0.25, -0.2) is 0 Å². The Morgan fingerprint density at radius 2 is 2.00 bits per heavy atom. The third-order valence-electron chi connectivity index (χ3n) is 3.13. The fraction of sp³-hybridized carbons (Fsp3) is 0.235. The number of carbonyl (C=O) groups is 1. The predicted octanol–water partition coefficient (Wildman–Crippen LogP) is 4.88. The van der Waals surface area contributed by atoms with Crippen molar-refractivity contribution in [2.75, 3.05) is 5.32 Å². The topological polar surface area (TPSA) is 38.3 Å². The molecule has 2 rings (SSSR count). The molecule has 2 aromatic rings. The minimum absolute atomic E-state index is 0.131. The lowest BCUT2D eigenvalue weighted by Gasteiger charge is -2.13. The zero-order valence-corrected chi connectivity index (χ0v) is 13.7. The molecule has 0 aromatic heterocycles. The van der Waals surface area contributed by atoms with Gasteiger partial charge in [-0.3, -0.25) is 4.79 Å². The van der Waals surface area contributed by atoms with Gasteiger partial charge in [0.25, 0.3) is 5.91 Å². The molecular weight excluding hydrogens is 330 g/mol. The fourth-order valence-electron chi connectivity index (χ4n) is 1.78. The van der Waals surface area contributed by atoms with E-state index in [-0.39, 0.29) is 12.0 Å². The molecule has 0 aliphatic rings. The molecule has 4 heteroatoms. The number of benzene rings is 2. The van der Waals surface area contributed by atoms with Gasteiger partial charge in [0.2, 0.25) is 0 Å². The maximum absolute atomic E-state index is 12.3. The highest BCUT2D eigenvalue weighted by Crippen LogP contribution is 2.23. The molecule has 0 aliphatic carbocycles. The van der Waals surface area contributed by atoms with Crippen molar-refractivity contribution >= 4 is 27.5 Å². The van der Waals surface area contributed by atoms with E-state index in [2.05, 4.69) is 28.2 Å². The van der Waals surface area contributed by atoms with Crippen molar-refractivity contribution < 1.29 is 9.53 Å². The van der Waals surface area contributed by atoms with Crippen LogP contribution in [0.3, 0.4) is 0 Å². The lowest BCUT2D eigenvalue weighted by atomic mass is 10.2. The summed E-state index contributed by atoms with van der Waals surface area (Å²) in [7, 11) is 0. The second-order valence-corrected chi connectivity index (χ2v) is 5.65. The van der Waals surface area contributed by atoms with Gasteiger partial charge >= 0.3 is 0 Å². The van der Waals surface area contributed by atoms with Crippen LogP contribution in [-0.2, 0) is 0 Å². The first kappa shape index (κ1) is 15.6. The highest BCUT2D eigenvalue weighted by atomic mass is 79.9. The molecule has 0 saturated heterocycles. The van der Waals surface area contributed by atoms with Crippen molar-refractivity contribution in [1.82, 2.24) is 0 Å². The summed E-state index contributed by atoms with van der Waals surface area (Å²) >= 11 is 3.41. The lowest BCUT2D eigenvalue weighted by Crippen LogP contribution is -2.13. The first-order chi connectivity index (χ1) is 10.1. The number of para-hydroxylation sites is 1. The average molecular weight is 348 g/mol. The van der Waals surface area contributed by atoms with Crippen LogP contribution in [0.4, 0.5) is 5.69 Å². The van der Waals surface area contributed by atoms with Crippen molar-refractivity contribution in [2.24, 2.45) is 0 Å². The number of nitrogens with one attached hydrogen (secondary N) is 1. The number of hydrogen-bond acceptors (Lipinski definition) is 2. The van der Waals surface area contributed by atoms with E-state index in [9.17, 15) is 4.79 Å². The maximum atomic E-state index is 12.3. The highest BCUT2D eigenvalue weighted by molar-refractivity contribution is 9.10. The summed E-state index contributed by atoms with van der Waals surface area (Å²) in [5, 5.41) is 2.88. The largest absolute Gasteiger partial charge is 0.491 e. The molecule has 21 heavy (non-hydrogen) atoms. The normalized spacial score (nSPS) is 11.8. The van der Waals surface area contributed by atoms with E-state index in [1.165, 1.54) is 0 Å². The molecule has 3 nitrogen and oxygen atoms in total. The lowest BCUT2D eigenvalue weighted by molar-refractivity contribution is 0.102. The van der Waals surface area contributed by atoms with E-state index >= 15 is 0 Å². The first-order valence-electron chi connectivity index (χ1n) is 6.92. The van der Waals surface area contributed by atoms with E-state index in [1.54, 1.807) is 12.1 Å². The van der Waals surface area contributed by atoms with Crippen LogP contribution in [0.25, 0.3) is 0 Å². The summed E-state index contributed by atoms with van der Waals surface area (Å²) in [6.45, 7) is 4.07. The summed E-state index contributed by atoms with van der Waals surface area (Å²) in [5.74, 6) is 0.556. The third-order valence-corrected chi connectivity index (χ3v) is 3.82. The van der Waals surface area contributed by atoms with Crippen molar-refractivity contribution in [3.63, 3.8) is 0 Å². The minimum Gasteiger partial charge on any atom is -0.491 e. The molecule has 2 aromatic carbocycles. The van der Waals surface area contributed by atoms with Crippen LogP contribution < -0.4 is 10.1 Å². The Kier molecular flexibility index (Phi) is 5.39. The molecule has 0 spiro atoms. The van der Waals surface area contributed by atoms with E-state index < -0.39 is 0 Å². The molecule has 0 fully saturated rings. The van der Waals surface area contributed by atoms with E-state index in [1.807, 2.05) is 43.3 Å². The Balaban J connectivity index is 2.12. The molecule has 0 saturated carbocycles. The van der Waals surface area contributed by atoms with Gasteiger partial charge in [-0.15, -0.1) is 0 Å². The molecule has 0 aliphatic heterocycles. The molecule has 0 radical (unpaired) electrons. The molecule has 1 amide bonds. The van der Waals surface area contributed by atoms with Crippen LogP contribution in [0.1, 0.15) is 30.6 Å². The van der Waals surface area contributed by atoms with Gasteiger partial charge in [0, 0.05) is 10.0 Å². The van der Waals surface area contributed by atoms with Crippen molar-refractivity contribution in [1.29, 1.82) is 0 Å². The van der Waals surface area contributed by atoms with E-state index in [4.69, 9.17) is 4.74 Å². The summed E-state index contributed by atoms with van der Waals surface area (Å²) in [6.07, 6.45) is 1.06. The number of anilines is 1. The van der Waals surface area contributed by atoms with Crippen LogP contribution in [0.15, 0.2) is 53.0 Å². The quantitative estimate of drug-likeness (QED) is 0.836. The summed E-state index contributed by atoms with van der Waals surface area (Å²) in [6, 6.07) is 14.7. The molecule has 0 bridgehead atoms. The van der Waals surface area contributed by atoms with Crippen molar-refractivity contribution in [2.45, 2.75) is 26.4 Å². The Morgan fingerprint density at radius 3 is 2.71 bits per heavy atom. The van der Waals surface area contributed by atoms with E-state index in [0.717, 1.165) is 16.6 Å². The van der Waals surface area contributed by atoms with Crippen LogP contribution >= 0.6 is 15.9 Å². The molecule has 0 heterocycles. The second-order valence-electron chi connectivity index (χ2n) is 4.80. The zero-order valence-electron chi connectivity index (χ0n) is 12.1. The first-order valence-corrected chi connectivity index (χ1v) is 7.72. The van der Waals surface area contributed by atoms with Gasteiger partial charge in [-0.1, -0.05) is 25.1 Å². The van der Waals surface area contributed by atoms with Gasteiger partial charge in [-0.05, 0) is 59.6 Å². The average Bonchev–Trinajstić information content (AvgIpc) is 2.49. The Morgan fingerprint density at radius 1 is 1.24 bits per heavy atom. The summed E-state index contributed by atoms with van der Waals surface area (Å²) < 4.78 is 6.59. The van der Waals surface area contributed by atoms with Crippen molar-refractivity contribution in [3.05, 3.63) is 58.6 Å². The Hall–Kier alpha value is -1.81. The van der Waals surface area contributed by atoms with Crippen molar-refractivity contribution in [3.8, 4) is 5.75 Å². The van der Waals surface area contributed by atoms with E-state index in [0.29, 0.717) is 11.3 Å². The molecule has 1 atom stereocenters. The second kappa shape index (κ2) is 7.27. The van der Waals surface area contributed by atoms with Gasteiger partial charge in [0.15, 0.2) is 0 Å². The molecule has 110 valence electrons. The Bertz CT molecular complexity index is 628. The summed E-state index contributed by atoms with van der Waals surface area (Å²) in [5.41, 5.74) is 1.32. The van der Waals surface area contributed by atoms with Crippen LogP contribution in [0.2, 0.25) is 0 Å². The van der Waals surface area contributed by atoms with Crippen LogP contribution in [0, 0.1) is 0 Å². The van der Waals surface area contributed by atoms with Gasteiger partial charge in [0.1, 0.15) is 5.75 Å². The van der Waals surface area contributed by atoms with Gasteiger partial charge in [-0.2, -0.15) is 0 Å². The standard InChI is InChI=1S/C17H18BrNO2/c1-3-12(2)21-14-8-6-7-13(11-14)17(20)19-16-10-5-4-9-15(16)18/h4-12H,3H2,1-2H3,(H,19,20). The van der Waals surface area contributed by atoms with Crippen LogP contribution in [0.5, 0.6) is 5.75 Å². The SMILES string of the molecule is CCC(C)Oc1cccc(C(=O)Nc2ccccc2Br)c1. The fourth-order valence-corrected chi connectivity index (χ4v) is 2.17. The number of ether oxygens (including phenoxy) is 1. The number of rotatable bonds is 5. The molecular formula is C17H18BrNO2. The predicted molar refractivity (Wildman–Crippen MR) is 88.9 cm³/mol. The van der Waals surface area contributed by atoms with Crippen LogP contribution in [-0.4, -0.2) is 12.0 Å². The highest BCUT2D eigenvalue weighted by Gasteiger charge is 2.10. The number of amides is 1. The minimum atomic E-state index is -0.156. The summed E-state index contributed by atoms with van der Waals surface area (Å²) in [4.78, 5) is 12.3. The number of hydrogen-bond donors (Lipinski definition) is 1. The van der Waals surface area contributed by atoms with Gasteiger partial charge < -0.3 is 10.1 Å². The maximum Gasteiger partial charge on any atom is 0.255 e. The van der Waals surface area contributed by atoms with Gasteiger partial charge in [0.05, 0.1) is 11.8 Å². The Labute approximate surface area is 133 Å². The number of halogens is 1.